The maximum Gasteiger partial charge on any atom is 0.501 e. The van der Waals surface area contributed by atoms with Crippen molar-refractivity contribution in [3.05, 3.63) is 28.8 Å². The number of carboxylic acids is 1. The van der Waals surface area contributed by atoms with Crippen molar-refractivity contribution >= 4 is 21.9 Å². The number of hydrogen-bond acceptors (Lipinski definition) is 5. The van der Waals surface area contributed by atoms with E-state index in [0.717, 1.165) is 12.1 Å². The van der Waals surface area contributed by atoms with Crippen LogP contribution in [0.2, 0.25) is 0 Å². The molecule has 1 rings (SSSR count). The van der Waals surface area contributed by atoms with Crippen molar-refractivity contribution < 1.29 is 41.0 Å². The fourth-order valence-corrected chi connectivity index (χ4v) is 3.35. The molecule has 7 nitrogen and oxygen atoms in total. The largest absolute Gasteiger partial charge is 0.501 e. The van der Waals surface area contributed by atoms with Gasteiger partial charge in [0.05, 0.1) is 4.90 Å². The van der Waals surface area contributed by atoms with Crippen LogP contribution in [0.1, 0.15) is 37.5 Å². The number of carboxylic acid groups (broad SMARTS) is 1. The Morgan fingerprint density at radius 2 is 1.61 bits per heavy atom. The number of halogens is 3. The lowest BCUT2D eigenvalue weighted by atomic mass is 9.96. The maximum absolute atomic E-state index is 12.8. The van der Waals surface area contributed by atoms with Gasteiger partial charge in [0, 0.05) is 6.42 Å². The zero-order chi connectivity index (χ0) is 22.1. The molecule has 1 amide bonds. The highest BCUT2D eigenvalue weighted by atomic mass is 32.2. The summed E-state index contributed by atoms with van der Waals surface area (Å²) in [4.78, 5) is 22.4. The summed E-state index contributed by atoms with van der Waals surface area (Å²) < 4.78 is 66.4. The van der Waals surface area contributed by atoms with Crippen molar-refractivity contribution in [2.75, 3.05) is 0 Å². The Morgan fingerprint density at radius 1 is 1.14 bits per heavy atom. The molecule has 0 aromatic heterocycles. The zero-order valence-electron chi connectivity index (χ0n) is 16.0. The summed E-state index contributed by atoms with van der Waals surface area (Å²) in [6, 6.07) is 0.243. The second-order valence-electron chi connectivity index (χ2n) is 7.23. The van der Waals surface area contributed by atoms with Crippen molar-refractivity contribution in [1.82, 2.24) is 5.32 Å². The second-order valence-corrected chi connectivity index (χ2v) is 9.17. The van der Waals surface area contributed by atoms with Crippen LogP contribution in [0.5, 0.6) is 0 Å². The number of carbonyl (C=O) groups excluding carboxylic acids is 1. The van der Waals surface area contributed by atoms with Crippen LogP contribution in [0.3, 0.4) is 0 Å². The van der Waals surface area contributed by atoms with E-state index in [2.05, 4.69) is 5.32 Å². The minimum absolute atomic E-state index is 0.153. The Bertz CT molecular complexity index is 849. The molecule has 1 aromatic carbocycles. The molecule has 0 saturated carbocycles. The van der Waals surface area contributed by atoms with Gasteiger partial charge in [-0.1, -0.05) is 0 Å². The number of rotatable bonds is 5. The molecule has 158 valence electrons. The van der Waals surface area contributed by atoms with Gasteiger partial charge in [-0.25, -0.2) is 18.0 Å². The normalized spacial score (nSPS) is 13.7. The number of ether oxygens (including phenoxy) is 1. The molecule has 0 fully saturated rings. The minimum Gasteiger partial charge on any atom is -0.480 e. The standard InChI is InChI=1S/C17H22F3NO6S/c1-9-6-11(28(25,26)17(18,19)20)7-10(2)12(9)8-13(14(22)23)21-15(24)27-16(3,4)5/h6-7,13H,8H2,1-5H3,(H,21,24)(H,22,23). The number of carbonyl (C=O) groups is 2. The summed E-state index contributed by atoms with van der Waals surface area (Å²) in [6.45, 7) is 7.51. The molecule has 0 saturated heterocycles. The summed E-state index contributed by atoms with van der Waals surface area (Å²) in [5.41, 5.74) is -5.69. The number of aryl methyl sites for hydroxylation is 2. The molecular formula is C17H22F3NO6S. The van der Waals surface area contributed by atoms with Gasteiger partial charge < -0.3 is 15.2 Å². The fraction of sp³-hybridized carbons (Fsp3) is 0.529. The molecule has 0 aliphatic heterocycles. The SMILES string of the molecule is Cc1cc(S(=O)(=O)C(F)(F)F)cc(C)c1CC(NC(=O)OC(C)(C)C)C(=O)O. The van der Waals surface area contributed by atoms with E-state index in [1.54, 1.807) is 20.8 Å². The van der Waals surface area contributed by atoms with Crippen LogP contribution < -0.4 is 5.32 Å². The van der Waals surface area contributed by atoms with Crippen molar-refractivity contribution in [2.24, 2.45) is 0 Å². The highest BCUT2D eigenvalue weighted by molar-refractivity contribution is 7.92. The van der Waals surface area contributed by atoms with Gasteiger partial charge in [0.25, 0.3) is 9.84 Å². The summed E-state index contributed by atoms with van der Waals surface area (Å²) >= 11 is 0. The molecule has 28 heavy (non-hydrogen) atoms. The predicted molar refractivity (Wildman–Crippen MR) is 93.7 cm³/mol. The first kappa shape index (κ1) is 23.7. The van der Waals surface area contributed by atoms with Crippen LogP contribution in [-0.4, -0.2) is 42.7 Å². The van der Waals surface area contributed by atoms with Crippen molar-refractivity contribution in [3.8, 4) is 0 Å². The first-order chi connectivity index (χ1) is 12.5. The number of sulfone groups is 1. The Kier molecular flexibility index (Phi) is 6.76. The number of nitrogens with one attached hydrogen (secondary N) is 1. The van der Waals surface area contributed by atoms with Crippen molar-refractivity contribution in [3.63, 3.8) is 0 Å². The van der Waals surface area contributed by atoms with Gasteiger partial charge in [0.2, 0.25) is 0 Å². The second kappa shape index (κ2) is 7.98. The van der Waals surface area contributed by atoms with Gasteiger partial charge in [-0.15, -0.1) is 0 Å². The van der Waals surface area contributed by atoms with E-state index in [4.69, 9.17) is 4.74 Å². The maximum atomic E-state index is 12.8. The third-order valence-electron chi connectivity index (χ3n) is 3.68. The molecule has 0 spiro atoms. The molecule has 1 atom stereocenters. The molecule has 0 radical (unpaired) electrons. The number of benzene rings is 1. The fourth-order valence-electron chi connectivity index (χ4n) is 2.42. The van der Waals surface area contributed by atoms with Crippen LogP contribution in [-0.2, 0) is 25.8 Å². The van der Waals surface area contributed by atoms with E-state index >= 15 is 0 Å². The number of alkyl carbamates (subject to hydrolysis) is 1. The Balaban J connectivity index is 3.19. The van der Waals surface area contributed by atoms with Gasteiger partial charge in [-0.05, 0) is 63.4 Å². The molecule has 11 heteroatoms. The smallest absolute Gasteiger partial charge is 0.480 e. The Hall–Kier alpha value is -2.30. The Labute approximate surface area is 160 Å². The van der Waals surface area contributed by atoms with Gasteiger partial charge in [0.15, 0.2) is 0 Å². The van der Waals surface area contributed by atoms with Crippen LogP contribution >= 0.6 is 0 Å². The average Bonchev–Trinajstić information content (AvgIpc) is 2.46. The molecule has 1 unspecified atom stereocenters. The van der Waals surface area contributed by atoms with Crippen molar-refractivity contribution in [2.45, 2.75) is 63.1 Å². The summed E-state index contributed by atoms with van der Waals surface area (Å²) in [7, 11) is -5.53. The lowest BCUT2D eigenvalue weighted by Crippen LogP contribution is -2.44. The van der Waals surface area contributed by atoms with Crippen LogP contribution in [0, 0.1) is 13.8 Å². The highest BCUT2D eigenvalue weighted by Gasteiger charge is 2.47. The monoisotopic (exact) mass is 425 g/mol. The molecule has 0 aliphatic carbocycles. The number of hydrogen-bond donors (Lipinski definition) is 2. The van der Waals surface area contributed by atoms with Crippen LogP contribution in [0.15, 0.2) is 17.0 Å². The van der Waals surface area contributed by atoms with E-state index in [1.165, 1.54) is 13.8 Å². The Morgan fingerprint density at radius 3 is 1.96 bits per heavy atom. The van der Waals surface area contributed by atoms with Gasteiger partial charge >= 0.3 is 17.6 Å². The lowest BCUT2D eigenvalue weighted by molar-refractivity contribution is -0.139. The molecule has 0 bridgehead atoms. The van der Waals surface area contributed by atoms with Crippen LogP contribution in [0.25, 0.3) is 0 Å². The number of alkyl halides is 3. The van der Waals surface area contributed by atoms with Gasteiger partial charge in [0.1, 0.15) is 11.6 Å². The minimum atomic E-state index is -5.53. The lowest BCUT2D eigenvalue weighted by Gasteiger charge is -2.23. The third kappa shape index (κ3) is 5.85. The molecule has 0 heterocycles. The van der Waals surface area contributed by atoms with E-state index in [9.17, 15) is 36.3 Å². The van der Waals surface area contributed by atoms with E-state index in [-0.39, 0.29) is 17.5 Å². The zero-order valence-corrected chi connectivity index (χ0v) is 16.8. The van der Waals surface area contributed by atoms with Gasteiger partial charge in [-0.2, -0.15) is 13.2 Å². The molecule has 2 N–H and O–H groups in total. The summed E-state index contributed by atoms with van der Waals surface area (Å²) in [5.74, 6) is -1.38. The number of aliphatic carboxylic acids is 1. The highest BCUT2D eigenvalue weighted by Crippen LogP contribution is 2.32. The molecule has 0 aliphatic rings. The van der Waals surface area contributed by atoms with Crippen LogP contribution in [0.4, 0.5) is 18.0 Å². The van der Waals surface area contributed by atoms with Crippen molar-refractivity contribution in [1.29, 1.82) is 0 Å². The van der Waals surface area contributed by atoms with E-state index in [0.29, 0.717) is 5.56 Å². The quantitative estimate of drug-likeness (QED) is 0.750. The number of amides is 1. The first-order valence-corrected chi connectivity index (χ1v) is 9.58. The third-order valence-corrected chi connectivity index (χ3v) is 5.15. The van der Waals surface area contributed by atoms with E-state index in [1.807, 2.05) is 0 Å². The predicted octanol–water partition coefficient (Wildman–Crippen LogP) is 3.12. The van der Waals surface area contributed by atoms with E-state index < -0.39 is 43.9 Å². The first-order valence-electron chi connectivity index (χ1n) is 8.09. The van der Waals surface area contributed by atoms with Gasteiger partial charge in [-0.3, -0.25) is 0 Å². The summed E-state index contributed by atoms with van der Waals surface area (Å²) in [5, 5.41) is 11.5. The molecule has 1 aromatic rings. The summed E-state index contributed by atoms with van der Waals surface area (Å²) in [6.07, 6.45) is -1.23. The molecular weight excluding hydrogens is 403 g/mol. The topological polar surface area (TPSA) is 110 Å². The average molecular weight is 425 g/mol.